The number of nitrogens with two attached hydrogens (primary N) is 1. The van der Waals surface area contributed by atoms with Crippen molar-refractivity contribution >= 4 is 11.6 Å². The van der Waals surface area contributed by atoms with Crippen molar-refractivity contribution < 1.29 is 4.39 Å². The first-order valence-electron chi connectivity index (χ1n) is 5.29. The molecule has 0 aliphatic carbocycles. The van der Waals surface area contributed by atoms with E-state index >= 15 is 0 Å². The van der Waals surface area contributed by atoms with Crippen LogP contribution in [0.4, 0.5) is 4.39 Å². The summed E-state index contributed by atoms with van der Waals surface area (Å²) in [6.45, 7) is 0.495. The number of nitrogens with zero attached hydrogens (tertiary/aromatic N) is 2. The number of hydrogen-bond donors (Lipinski definition) is 1. The van der Waals surface area contributed by atoms with Crippen molar-refractivity contribution in [3.63, 3.8) is 0 Å². The molecule has 0 unspecified atom stereocenters. The number of aryl methyl sites for hydroxylation is 1. The molecule has 0 atom stereocenters. The lowest BCUT2D eigenvalue weighted by atomic mass is 10.1. The van der Waals surface area contributed by atoms with Gasteiger partial charge >= 0.3 is 0 Å². The van der Waals surface area contributed by atoms with Gasteiger partial charge in [-0.15, -0.1) is 0 Å². The quantitative estimate of drug-likeness (QED) is 0.913. The Kier molecular flexibility index (Phi) is 3.45. The lowest BCUT2D eigenvalue weighted by Gasteiger charge is -2.06. The molecular formula is C12H13ClFN3. The molecule has 0 aliphatic heterocycles. The van der Waals surface area contributed by atoms with Crippen molar-refractivity contribution in [3.8, 4) is 11.3 Å². The van der Waals surface area contributed by atoms with Crippen molar-refractivity contribution in [2.45, 2.75) is 6.42 Å². The van der Waals surface area contributed by atoms with Crippen LogP contribution in [0.3, 0.4) is 0 Å². The summed E-state index contributed by atoms with van der Waals surface area (Å²) in [5, 5.41) is 0.491. The number of halogens is 2. The maximum absolute atomic E-state index is 13.7. The highest BCUT2D eigenvalue weighted by Crippen LogP contribution is 2.27. The maximum Gasteiger partial charge on any atom is 0.132 e. The second-order valence-corrected chi connectivity index (χ2v) is 4.25. The highest BCUT2D eigenvalue weighted by molar-refractivity contribution is 6.30. The van der Waals surface area contributed by atoms with Crippen LogP contribution < -0.4 is 5.73 Å². The summed E-state index contributed by atoms with van der Waals surface area (Å²) in [4.78, 5) is 4.22. The van der Waals surface area contributed by atoms with Crippen LogP contribution in [0, 0.1) is 5.82 Å². The molecule has 0 spiro atoms. The van der Waals surface area contributed by atoms with Gasteiger partial charge < -0.3 is 10.3 Å². The van der Waals surface area contributed by atoms with E-state index in [9.17, 15) is 4.39 Å². The molecule has 0 amide bonds. The number of benzene rings is 1. The van der Waals surface area contributed by atoms with Crippen molar-refractivity contribution in [3.05, 3.63) is 41.1 Å². The first-order valence-corrected chi connectivity index (χ1v) is 5.67. The van der Waals surface area contributed by atoms with Crippen molar-refractivity contribution in [2.24, 2.45) is 12.8 Å². The third-order valence-electron chi connectivity index (χ3n) is 2.62. The van der Waals surface area contributed by atoms with Crippen LogP contribution in [-0.4, -0.2) is 16.1 Å². The fourth-order valence-corrected chi connectivity index (χ4v) is 1.96. The Morgan fingerprint density at radius 1 is 1.47 bits per heavy atom. The highest BCUT2D eigenvalue weighted by atomic mass is 35.5. The van der Waals surface area contributed by atoms with Crippen LogP contribution in [0.2, 0.25) is 5.02 Å². The fourth-order valence-electron chi connectivity index (χ4n) is 1.79. The molecule has 17 heavy (non-hydrogen) atoms. The van der Waals surface area contributed by atoms with E-state index < -0.39 is 0 Å². The number of rotatable bonds is 3. The summed E-state index contributed by atoms with van der Waals surface area (Å²) in [7, 11) is 1.87. The van der Waals surface area contributed by atoms with Crippen LogP contribution in [0.15, 0.2) is 24.5 Å². The third kappa shape index (κ3) is 2.33. The molecule has 0 saturated carbocycles. The van der Waals surface area contributed by atoms with E-state index in [-0.39, 0.29) is 5.82 Å². The molecule has 1 heterocycles. The van der Waals surface area contributed by atoms with Crippen LogP contribution in [0.5, 0.6) is 0 Å². The topological polar surface area (TPSA) is 43.8 Å². The standard InChI is InChI=1S/C12H13ClFN3/c1-17-7-16-12(11(17)4-5-15)9-6-8(13)2-3-10(9)14/h2-3,6-7H,4-5,15H2,1H3. The molecule has 2 rings (SSSR count). The Balaban J connectivity index is 2.56. The maximum atomic E-state index is 13.7. The second kappa shape index (κ2) is 4.85. The van der Waals surface area contributed by atoms with Gasteiger partial charge in [-0.05, 0) is 24.7 Å². The molecule has 0 bridgehead atoms. The monoisotopic (exact) mass is 253 g/mol. The van der Waals surface area contributed by atoms with Gasteiger partial charge in [-0.3, -0.25) is 0 Å². The van der Waals surface area contributed by atoms with Gasteiger partial charge in [0, 0.05) is 29.7 Å². The van der Waals surface area contributed by atoms with Gasteiger partial charge in [0.1, 0.15) is 5.82 Å². The number of hydrogen-bond acceptors (Lipinski definition) is 2. The summed E-state index contributed by atoms with van der Waals surface area (Å²) in [6.07, 6.45) is 2.30. The molecular weight excluding hydrogens is 241 g/mol. The smallest absolute Gasteiger partial charge is 0.132 e. The Morgan fingerprint density at radius 3 is 2.94 bits per heavy atom. The van der Waals surface area contributed by atoms with Crippen molar-refractivity contribution in [1.82, 2.24) is 9.55 Å². The predicted molar refractivity (Wildman–Crippen MR) is 66.4 cm³/mol. The van der Waals surface area contributed by atoms with Gasteiger partial charge in [-0.25, -0.2) is 9.37 Å². The normalized spacial score (nSPS) is 10.8. The molecule has 5 heteroatoms. The third-order valence-corrected chi connectivity index (χ3v) is 2.86. The lowest BCUT2D eigenvalue weighted by Crippen LogP contribution is -2.07. The van der Waals surface area contributed by atoms with Gasteiger partial charge in [0.05, 0.1) is 12.0 Å². The zero-order valence-electron chi connectivity index (χ0n) is 9.45. The van der Waals surface area contributed by atoms with Crippen LogP contribution in [-0.2, 0) is 13.5 Å². The summed E-state index contributed by atoms with van der Waals surface area (Å²) in [6, 6.07) is 4.45. The van der Waals surface area contributed by atoms with E-state index in [2.05, 4.69) is 4.98 Å². The van der Waals surface area contributed by atoms with Crippen LogP contribution in [0.1, 0.15) is 5.69 Å². The number of imidazole rings is 1. The zero-order chi connectivity index (χ0) is 12.4. The predicted octanol–water partition coefficient (Wildman–Crippen LogP) is 2.38. The van der Waals surface area contributed by atoms with Crippen LogP contribution >= 0.6 is 11.6 Å². The average molecular weight is 254 g/mol. The molecule has 0 aliphatic rings. The molecule has 2 aromatic rings. The van der Waals surface area contributed by atoms with Gasteiger partial charge in [0.25, 0.3) is 0 Å². The Labute approximate surface area is 104 Å². The Morgan fingerprint density at radius 2 is 2.24 bits per heavy atom. The van der Waals surface area contributed by atoms with Crippen molar-refractivity contribution in [1.29, 1.82) is 0 Å². The van der Waals surface area contributed by atoms with E-state index in [1.807, 2.05) is 11.6 Å². The molecule has 1 aromatic carbocycles. The molecule has 0 saturated heterocycles. The van der Waals surface area contributed by atoms with E-state index in [0.717, 1.165) is 5.69 Å². The molecule has 0 radical (unpaired) electrons. The molecule has 0 fully saturated rings. The first kappa shape index (κ1) is 12.1. The molecule has 3 nitrogen and oxygen atoms in total. The van der Waals surface area contributed by atoms with Gasteiger partial charge in [-0.1, -0.05) is 11.6 Å². The molecule has 2 N–H and O–H groups in total. The molecule has 1 aromatic heterocycles. The largest absolute Gasteiger partial charge is 0.337 e. The number of aromatic nitrogens is 2. The summed E-state index contributed by atoms with van der Waals surface area (Å²) in [5.74, 6) is -0.327. The summed E-state index contributed by atoms with van der Waals surface area (Å²) < 4.78 is 15.6. The van der Waals surface area contributed by atoms with Gasteiger partial charge in [-0.2, -0.15) is 0 Å². The Hall–Kier alpha value is -1.39. The average Bonchev–Trinajstić information content (AvgIpc) is 2.65. The SMILES string of the molecule is Cn1cnc(-c2cc(Cl)ccc2F)c1CCN. The lowest BCUT2D eigenvalue weighted by molar-refractivity contribution is 0.630. The van der Waals surface area contributed by atoms with E-state index in [1.165, 1.54) is 12.1 Å². The van der Waals surface area contributed by atoms with Crippen molar-refractivity contribution in [2.75, 3.05) is 6.54 Å². The zero-order valence-corrected chi connectivity index (χ0v) is 10.2. The fraction of sp³-hybridized carbons (Fsp3) is 0.250. The van der Waals surface area contributed by atoms with E-state index in [1.54, 1.807) is 12.4 Å². The van der Waals surface area contributed by atoms with Gasteiger partial charge in [0.2, 0.25) is 0 Å². The van der Waals surface area contributed by atoms with E-state index in [0.29, 0.717) is 29.2 Å². The van der Waals surface area contributed by atoms with E-state index in [4.69, 9.17) is 17.3 Å². The van der Waals surface area contributed by atoms with Gasteiger partial charge in [0.15, 0.2) is 0 Å². The Bertz CT molecular complexity index is 537. The minimum Gasteiger partial charge on any atom is -0.337 e. The minimum atomic E-state index is -0.327. The summed E-state index contributed by atoms with van der Waals surface area (Å²) in [5.41, 5.74) is 7.48. The highest BCUT2D eigenvalue weighted by Gasteiger charge is 2.14. The first-order chi connectivity index (χ1) is 8.13. The molecule has 90 valence electrons. The second-order valence-electron chi connectivity index (χ2n) is 3.81. The summed E-state index contributed by atoms with van der Waals surface area (Å²) >= 11 is 5.88. The van der Waals surface area contributed by atoms with Crippen LogP contribution in [0.25, 0.3) is 11.3 Å². The minimum absolute atomic E-state index is 0.327.